The van der Waals surface area contributed by atoms with E-state index in [4.69, 9.17) is 0 Å². The van der Waals surface area contributed by atoms with Crippen molar-refractivity contribution in [3.63, 3.8) is 0 Å². The standard InChI is InChI=1S/C14H16BrN/c1-10(2)11-6-12(8-13(15)7-11)14(9-16)4-3-5-14/h6-8,10H,3-5H2,1-2H3. The second-order valence-corrected chi connectivity index (χ2v) is 5.89. The fourth-order valence-corrected chi connectivity index (χ4v) is 2.73. The van der Waals surface area contributed by atoms with Crippen LogP contribution in [0.1, 0.15) is 50.2 Å². The summed E-state index contributed by atoms with van der Waals surface area (Å²) in [6, 6.07) is 8.97. The maximum absolute atomic E-state index is 9.35. The molecule has 0 bridgehead atoms. The molecule has 1 fully saturated rings. The lowest BCUT2D eigenvalue weighted by Gasteiger charge is -2.36. The quantitative estimate of drug-likeness (QED) is 0.780. The Morgan fingerprint density at radius 3 is 2.44 bits per heavy atom. The lowest BCUT2D eigenvalue weighted by atomic mass is 9.65. The minimum atomic E-state index is -0.201. The lowest BCUT2D eigenvalue weighted by molar-refractivity contribution is 0.323. The molecule has 1 aliphatic carbocycles. The first-order valence-corrected chi connectivity index (χ1v) is 6.59. The van der Waals surface area contributed by atoms with Gasteiger partial charge in [0.25, 0.3) is 0 Å². The maximum atomic E-state index is 9.35. The van der Waals surface area contributed by atoms with Gasteiger partial charge in [0.2, 0.25) is 0 Å². The second kappa shape index (κ2) is 4.22. The smallest absolute Gasteiger partial charge is 0.0822 e. The van der Waals surface area contributed by atoms with Crippen molar-refractivity contribution in [2.75, 3.05) is 0 Å². The molecule has 0 radical (unpaired) electrons. The number of nitriles is 1. The van der Waals surface area contributed by atoms with Crippen molar-refractivity contribution < 1.29 is 0 Å². The van der Waals surface area contributed by atoms with Gasteiger partial charge in [-0.25, -0.2) is 0 Å². The van der Waals surface area contributed by atoms with Gasteiger partial charge in [0.05, 0.1) is 11.5 Å². The molecule has 1 saturated carbocycles. The molecule has 0 unspecified atom stereocenters. The molecule has 0 spiro atoms. The first-order chi connectivity index (χ1) is 7.57. The molecular weight excluding hydrogens is 262 g/mol. The van der Waals surface area contributed by atoms with Crippen LogP contribution in [0.15, 0.2) is 22.7 Å². The molecule has 2 heteroatoms. The van der Waals surface area contributed by atoms with Gasteiger partial charge in [0.15, 0.2) is 0 Å². The van der Waals surface area contributed by atoms with Gasteiger partial charge < -0.3 is 0 Å². The van der Waals surface area contributed by atoms with Gasteiger partial charge in [-0.3, -0.25) is 0 Å². The Balaban J connectivity index is 2.45. The molecule has 84 valence electrons. The third-order valence-electron chi connectivity index (χ3n) is 3.56. The molecule has 0 heterocycles. The zero-order chi connectivity index (χ0) is 11.8. The number of rotatable bonds is 2. The van der Waals surface area contributed by atoms with E-state index in [0.717, 1.165) is 17.3 Å². The highest BCUT2D eigenvalue weighted by atomic mass is 79.9. The van der Waals surface area contributed by atoms with Gasteiger partial charge >= 0.3 is 0 Å². The third-order valence-corrected chi connectivity index (χ3v) is 4.02. The molecular formula is C14H16BrN. The van der Waals surface area contributed by atoms with Crippen molar-refractivity contribution in [2.45, 2.75) is 44.4 Å². The number of hydrogen-bond donors (Lipinski definition) is 0. The Morgan fingerprint density at radius 1 is 1.31 bits per heavy atom. The summed E-state index contributed by atoms with van der Waals surface area (Å²) in [5.41, 5.74) is 2.30. The summed E-state index contributed by atoms with van der Waals surface area (Å²) in [5, 5.41) is 9.35. The molecule has 1 nitrogen and oxygen atoms in total. The number of nitrogens with zero attached hydrogens (tertiary/aromatic N) is 1. The Morgan fingerprint density at radius 2 is 2.00 bits per heavy atom. The molecule has 0 N–H and O–H groups in total. The summed E-state index contributed by atoms with van der Waals surface area (Å²) in [7, 11) is 0. The minimum Gasteiger partial charge on any atom is -0.197 e. The first-order valence-electron chi connectivity index (χ1n) is 5.80. The molecule has 0 aliphatic heterocycles. The van der Waals surface area contributed by atoms with E-state index < -0.39 is 0 Å². The van der Waals surface area contributed by atoms with Crippen molar-refractivity contribution in [1.29, 1.82) is 5.26 Å². The van der Waals surface area contributed by atoms with E-state index in [1.807, 2.05) is 0 Å². The van der Waals surface area contributed by atoms with Crippen LogP contribution >= 0.6 is 15.9 Å². The highest BCUT2D eigenvalue weighted by molar-refractivity contribution is 9.10. The van der Waals surface area contributed by atoms with Crippen LogP contribution in [0.25, 0.3) is 0 Å². The Kier molecular flexibility index (Phi) is 3.08. The summed E-state index contributed by atoms with van der Waals surface area (Å²) >= 11 is 3.55. The van der Waals surface area contributed by atoms with Crippen LogP contribution in [0.3, 0.4) is 0 Å². The number of benzene rings is 1. The number of hydrogen-bond acceptors (Lipinski definition) is 1. The summed E-state index contributed by atoms with van der Waals surface area (Å²) in [6.07, 6.45) is 3.20. The highest BCUT2D eigenvalue weighted by Crippen LogP contribution is 2.44. The zero-order valence-corrected chi connectivity index (χ0v) is 11.3. The van der Waals surface area contributed by atoms with Crippen LogP contribution in [0.2, 0.25) is 0 Å². The van der Waals surface area contributed by atoms with Gasteiger partial charge in [-0.05, 0) is 48.4 Å². The fraction of sp³-hybridized carbons (Fsp3) is 0.500. The van der Waals surface area contributed by atoms with Crippen molar-refractivity contribution in [3.05, 3.63) is 33.8 Å². The van der Waals surface area contributed by atoms with Crippen molar-refractivity contribution in [3.8, 4) is 6.07 Å². The van der Waals surface area contributed by atoms with Crippen LogP contribution in [0.4, 0.5) is 0 Å². The van der Waals surface area contributed by atoms with E-state index >= 15 is 0 Å². The largest absolute Gasteiger partial charge is 0.197 e. The zero-order valence-electron chi connectivity index (χ0n) is 9.76. The Bertz CT molecular complexity index is 439. The van der Waals surface area contributed by atoms with Gasteiger partial charge in [-0.15, -0.1) is 0 Å². The van der Waals surface area contributed by atoms with Crippen LogP contribution in [0.5, 0.6) is 0 Å². The molecule has 2 rings (SSSR count). The van der Waals surface area contributed by atoms with Crippen molar-refractivity contribution in [1.82, 2.24) is 0 Å². The first kappa shape index (κ1) is 11.7. The normalized spacial score (nSPS) is 17.9. The summed E-state index contributed by atoms with van der Waals surface area (Å²) in [5.74, 6) is 0.507. The maximum Gasteiger partial charge on any atom is 0.0822 e. The summed E-state index contributed by atoms with van der Waals surface area (Å²) < 4.78 is 1.09. The average molecular weight is 278 g/mol. The van der Waals surface area contributed by atoms with Gasteiger partial charge in [0.1, 0.15) is 0 Å². The molecule has 1 aromatic rings. The molecule has 1 aromatic carbocycles. The van der Waals surface area contributed by atoms with Crippen LogP contribution < -0.4 is 0 Å². The van der Waals surface area contributed by atoms with Gasteiger partial charge in [-0.1, -0.05) is 35.8 Å². The van der Waals surface area contributed by atoms with Gasteiger partial charge in [-0.2, -0.15) is 5.26 Å². The van der Waals surface area contributed by atoms with Crippen molar-refractivity contribution in [2.24, 2.45) is 0 Å². The van der Waals surface area contributed by atoms with Crippen LogP contribution in [-0.4, -0.2) is 0 Å². The lowest BCUT2D eigenvalue weighted by Crippen LogP contribution is -2.32. The third kappa shape index (κ3) is 1.89. The van der Waals surface area contributed by atoms with E-state index in [1.54, 1.807) is 0 Å². The van der Waals surface area contributed by atoms with Gasteiger partial charge in [0, 0.05) is 4.47 Å². The molecule has 0 atom stereocenters. The van der Waals surface area contributed by atoms with E-state index in [9.17, 15) is 5.26 Å². The molecule has 0 saturated heterocycles. The summed E-state index contributed by atoms with van der Waals surface area (Å²) in [4.78, 5) is 0. The van der Waals surface area contributed by atoms with E-state index in [1.165, 1.54) is 17.5 Å². The Labute approximate surface area is 106 Å². The van der Waals surface area contributed by atoms with Crippen molar-refractivity contribution >= 4 is 15.9 Å². The SMILES string of the molecule is CC(C)c1cc(Br)cc(C2(C#N)CCC2)c1. The predicted molar refractivity (Wildman–Crippen MR) is 69.4 cm³/mol. The molecule has 0 aromatic heterocycles. The minimum absolute atomic E-state index is 0.201. The molecule has 0 amide bonds. The van der Waals surface area contributed by atoms with Crippen LogP contribution in [0, 0.1) is 11.3 Å². The van der Waals surface area contributed by atoms with E-state index in [-0.39, 0.29) is 5.41 Å². The van der Waals surface area contributed by atoms with E-state index in [0.29, 0.717) is 5.92 Å². The molecule has 1 aliphatic rings. The Hall–Kier alpha value is -0.810. The second-order valence-electron chi connectivity index (χ2n) is 4.98. The average Bonchev–Trinajstić information content (AvgIpc) is 2.16. The summed E-state index contributed by atoms with van der Waals surface area (Å²) in [6.45, 7) is 4.37. The highest BCUT2D eigenvalue weighted by Gasteiger charge is 2.39. The monoisotopic (exact) mass is 277 g/mol. The predicted octanol–water partition coefficient (Wildman–Crippen LogP) is 4.52. The topological polar surface area (TPSA) is 23.8 Å². The fourth-order valence-electron chi connectivity index (χ4n) is 2.22. The number of halogens is 1. The molecule has 16 heavy (non-hydrogen) atoms. The van der Waals surface area contributed by atoms with Crippen LogP contribution in [-0.2, 0) is 5.41 Å². The van der Waals surface area contributed by atoms with E-state index in [2.05, 4.69) is 54.0 Å².